The van der Waals surface area contributed by atoms with Crippen molar-refractivity contribution >= 4 is 0 Å². The molecular formula is C23H24N2O2. The molecule has 0 unspecified atom stereocenters. The first kappa shape index (κ1) is 17.6. The molecule has 0 radical (unpaired) electrons. The predicted molar refractivity (Wildman–Crippen MR) is 106 cm³/mol. The standard InChI is InChI=1S/C23H24N2O2/c1-26-23-12-18(16-25-15-17-8-10-24-11-9-17)6-7-22(23)27-21-13-19-4-2-3-5-20(19)14-21/h2-12,21,25H,13-16H2,1H3. The van der Waals surface area contributed by atoms with Gasteiger partial charge in [0.2, 0.25) is 0 Å². The molecular weight excluding hydrogens is 336 g/mol. The van der Waals surface area contributed by atoms with Gasteiger partial charge in [-0.15, -0.1) is 0 Å². The summed E-state index contributed by atoms with van der Waals surface area (Å²) in [5, 5.41) is 3.45. The number of nitrogens with one attached hydrogen (secondary N) is 1. The molecule has 1 N–H and O–H groups in total. The fraction of sp³-hybridized carbons (Fsp3) is 0.261. The minimum absolute atomic E-state index is 0.173. The van der Waals surface area contributed by atoms with Crippen LogP contribution in [0.25, 0.3) is 0 Å². The van der Waals surface area contributed by atoms with E-state index in [2.05, 4.69) is 46.7 Å². The fourth-order valence-electron chi connectivity index (χ4n) is 3.55. The molecule has 0 atom stereocenters. The van der Waals surface area contributed by atoms with Crippen LogP contribution >= 0.6 is 0 Å². The number of hydrogen-bond acceptors (Lipinski definition) is 4. The zero-order valence-electron chi connectivity index (χ0n) is 15.5. The normalized spacial score (nSPS) is 13.4. The Kier molecular flexibility index (Phi) is 5.35. The Hall–Kier alpha value is -2.85. The summed E-state index contributed by atoms with van der Waals surface area (Å²) in [5.41, 5.74) is 5.16. The molecule has 138 valence electrons. The van der Waals surface area contributed by atoms with Crippen LogP contribution in [-0.2, 0) is 25.9 Å². The number of hydrogen-bond donors (Lipinski definition) is 1. The first-order valence-corrected chi connectivity index (χ1v) is 9.32. The molecule has 3 aromatic rings. The maximum atomic E-state index is 6.26. The smallest absolute Gasteiger partial charge is 0.161 e. The highest BCUT2D eigenvalue weighted by Gasteiger charge is 2.23. The maximum Gasteiger partial charge on any atom is 0.161 e. The van der Waals surface area contributed by atoms with Crippen molar-refractivity contribution in [2.24, 2.45) is 0 Å². The van der Waals surface area contributed by atoms with E-state index in [0.29, 0.717) is 0 Å². The van der Waals surface area contributed by atoms with Gasteiger partial charge in [-0.2, -0.15) is 0 Å². The summed E-state index contributed by atoms with van der Waals surface area (Å²) in [6.45, 7) is 1.58. The largest absolute Gasteiger partial charge is 0.493 e. The number of benzene rings is 2. The summed E-state index contributed by atoms with van der Waals surface area (Å²) in [5.74, 6) is 1.60. The van der Waals surface area contributed by atoms with E-state index in [9.17, 15) is 0 Å². The van der Waals surface area contributed by atoms with Gasteiger partial charge in [-0.3, -0.25) is 4.98 Å². The van der Waals surface area contributed by atoms with E-state index in [1.165, 1.54) is 22.3 Å². The average molecular weight is 360 g/mol. The van der Waals surface area contributed by atoms with Gasteiger partial charge < -0.3 is 14.8 Å². The number of ether oxygens (including phenoxy) is 2. The van der Waals surface area contributed by atoms with Crippen LogP contribution in [0, 0.1) is 0 Å². The van der Waals surface area contributed by atoms with Gasteiger partial charge in [0.15, 0.2) is 11.5 Å². The van der Waals surface area contributed by atoms with Crippen molar-refractivity contribution in [3.05, 3.63) is 89.2 Å². The molecule has 1 aromatic heterocycles. The van der Waals surface area contributed by atoms with Crippen molar-refractivity contribution in [3.8, 4) is 11.5 Å². The van der Waals surface area contributed by atoms with Crippen LogP contribution < -0.4 is 14.8 Å². The minimum atomic E-state index is 0.173. The number of fused-ring (bicyclic) bond motifs is 1. The third-order valence-corrected chi connectivity index (χ3v) is 4.94. The number of methoxy groups -OCH3 is 1. The molecule has 4 heteroatoms. The topological polar surface area (TPSA) is 43.4 Å². The molecule has 1 heterocycles. The maximum absolute atomic E-state index is 6.26. The van der Waals surface area contributed by atoms with Crippen molar-refractivity contribution in [1.29, 1.82) is 0 Å². The lowest BCUT2D eigenvalue weighted by Gasteiger charge is -2.17. The molecule has 27 heavy (non-hydrogen) atoms. The summed E-state index contributed by atoms with van der Waals surface area (Å²) in [7, 11) is 1.69. The van der Waals surface area contributed by atoms with Gasteiger partial charge in [0, 0.05) is 38.3 Å². The lowest BCUT2D eigenvalue weighted by Crippen LogP contribution is -2.17. The van der Waals surface area contributed by atoms with E-state index in [4.69, 9.17) is 9.47 Å². The molecule has 0 fully saturated rings. The number of aromatic nitrogens is 1. The molecule has 2 aromatic carbocycles. The molecule has 4 nitrogen and oxygen atoms in total. The second-order valence-corrected chi connectivity index (χ2v) is 6.86. The van der Waals surface area contributed by atoms with E-state index in [0.717, 1.165) is 37.4 Å². The van der Waals surface area contributed by atoms with Crippen LogP contribution in [-0.4, -0.2) is 18.2 Å². The quantitative estimate of drug-likeness (QED) is 0.693. The second kappa shape index (κ2) is 8.23. The molecule has 0 saturated carbocycles. The van der Waals surface area contributed by atoms with Gasteiger partial charge in [0.1, 0.15) is 6.10 Å². The van der Waals surface area contributed by atoms with E-state index in [1.807, 2.05) is 30.6 Å². The SMILES string of the molecule is COc1cc(CNCc2ccncc2)ccc1OC1Cc2ccccc2C1. The van der Waals surface area contributed by atoms with Crippen LogP contribution in [0.1, 0.15) is 22.3 Å². The molecule has 0 bridgehead atoms. The molecule has 0 spiro atoms. The van der Waals surface area contributed by atoms with Crippen LogP contribution in [0.2, 0.25) is 0 Å². The zero-order valence-corrected chi connectivity index (χ0v) is 15.5. The highest BCUT2D eigenvalue weighted by Crippen LogP contribution is 2.32. The molecule has 0 saturated heterocycles. The monoisotopic (exact) mass is 360 g/mol. The van der Waals surface area contributed by atoms with Crippen LogP contribution in [0.5, 0.6) is 11.5 Å². The van der Waals surface area contributed by atoms with Crippen molar-refractivity contribution < 1.29 is 9.47 Å². The summed E-state index contributed by atoms with van der Waals surface area (Å²) in [6.07, 6.45) is 5.70. The Morgan fingerprint density at radius 2 is 1.59 bits per heavy atom. The second-order valence-electron chi connectivity index (χ2n) is 6.86. The molecule has 0 amide bonds. The summed E-state index contributed by atoms with van der Waals surface area (Å²) in [4.78, 5) is 4.04. The minimum Gasteiger partial charge on any atom is -0.493 e. The predicted octanol–water partition coefficient (Wildman–Crippen LogP) is 3.93. The lowest BCUT2D eigenvalue weighted by atomic mass is 10.1. The van der Waals surface area contributed by atoms with Crippen LogP contribution in [0.3, 0.4) is 0 Å². The Morgan fingerprint density at radius 1 is 0.889 bits per heavy atom. The number of rotatable bonds is 7. The Balaban J connectivity index is 1.37. The van der Waals surface area contributed by atoms with E-state index >= 15 is 0 Å². The summed E-state index contributed by atoms with van der Waals surface area (Å²) < 4.78 is 11.8. The van der Waals surface area contributed by atoms with Gasteiger partial charge in [0.05, 0.1) is 7.11 Å². The van der Waals surface area contributed by atoms with Gasteiger partial charge in [-0.1, -0.05) is 30.3 Å². The zero-order chi connectivity index (χ0) is 18.5. The van der Waals surface area contributed by atoms with E-state index in [1.54, 1.807) is 7.11 Å². The summed E-state index contributed by atoms with van der Waals surface area (Å²) >= 11 is 0. The van der Waals surface area contributed by atoms with Crippen LogP contribution in [0.15, 0.2) is 67.0 Å². The van der Waals surface area contributed by atoms with Gasteiger partial charge in [-0.25, -0.2) is 0 Å². The van der Waals surface area contributed by atoms with E-state index in [-0.39, 0.29) is 6.10 Å². The van der Waals surface area contributed by atoms with Crippen molar-refractivity contribution in [3.63, 3.8) is 0 Å². The third-order valence-electron chi connectivity index (χ3n) is 4.94. The highest BCUT2D eigenvalue weighted by molar-refractivity contribution is 5.44. The third kappa shape index (κ3) is 4.29. The summed E-state index contributed by atoms with van der Waals surface area (Å²) in [6, 6.07) is 18.8. The molecule has 0 aliphatic heterocycles. The average Bonchev–Trinajstić information content (AvgIpc) is 3.12. The van der Waals surface area contributed by atoms with Crippen LogP contribution in [0.4, 0.5) is 0 Å². The highest BCUT2D eigenvalue weighted by atomic mass is 16.5. The van der Waals surface area contributed by atoms with Gasteiger partial charge in [-0.05, 0) is 46.5 Å². The Labute approximate surface area is 160 Å². The number of pyridine rings is 1. The Bertz CT molecular complexity index is 871. The molecule has 4 rings (SSSR count). The first-order valence-electron chi connectivity index (χ1n) is 9.32. The van der Waals surface area contributed by atoms with Gasteiger partial charge >= 0.3 is 0 Å². The van der Waals surface area contributed by atoms with Crippen molar-refractivity contribution in [2.75, 3.05) is 7.11 Å². The first-order chi connectivity index (χ1) is 13.3. The van der Waals surface area contributed by atoms with E-state index < -0.39 is 0 Å². The number of nitrogens with zero attached hydrogens (tertiary/aromatic N) is 1. The van der Waals surface area contributed by atoms with Crippen molar-refractivity contribution in [2.45, 2.75) is 32.0 Å². The Morgan fingerprint density at radius 3 is 2.30 bits per heavy atom. The lowest BCUT2D eigenvalue weighted by molar-refractivity contribution is 0.204. The molecule has 1 aliphatic carbocycles. The molecule has 1 aliphatic rings. The van der Waals surface area contributed by atoms with Gasteiger partial charge in [0.25, 0.3) is 0 Å². The fourth-order valence-corrected chi connectivity index (χ4v) is 3.55. The van der Waals surface area contributed by atoms with Crippen molar-refractivity contribution in [1.82, 2.24) is 10.3 Å².